The van der Waals surface area contributed by atoms with Gasteiger partial charge in [-0.05, 0) is 35.1 Å². The number of carbonyl (C=O) groups excluding carboxylic acids is 2. The normalized spacial score (nSPS) is 10.4. The first-order valence-electron chi connectivity index (χ1n) is 6.22. The van der Waals surface area contributed by atoms with Gasteiger partial charge in [-0.25, -0.2) is 4.68 Å². The van der Waals surface area contributed by atoms with Crippen molar-refractivity contribution in [2.24, 2.45) is 0 Å². The molecule has 0 aliphatic heterocycles. The van der Waals surface area contributed by atoms with E-state index < -0.39 is 11.8 Å². The van der Waals surface area contributed by atoms with Crippen molar-refractivity contribution in [3.05, 3.63) is 46.2 Å². The lowest BCUT2D eigenvalue weighted by Gasteiger charge is -2.05. The highest BCUT2D eigenvalue weighted by atomic mass is 79.9. The Hall–Kier alpha value is -2.06. The predicted octanol–water partition coefficient (Wildman–Crippen LogP) is 0.717. The number of hydrogen-bond donors (Lipinski definition) is 2. The van der Waals surface area contributed by atoms with Gasteiger partial charge in [0.15, 0.2) is 0 Å². The molecule has 0 bridgehead atoms. The van der Waals surface area contributed by atoms with Gasteiger partial charge >= 0.3 is 0 Å². The minimum Gasteiger partial charge on any atom is -0.314 e. The lowest BCUT2D eigenvalue weighted by Crippen LogP contribution is -2.33. The predicted molar refractivity (Wildman–Crippen MR) is 79.4 cm³/mol. The van der Waals surface area contributed by atoms with E-state index in [-0.39, 0.29) is 6.54 Å². The van der Waals surface area contributed by atoms with Gasteiger partial charge < -0.3 is 5.32 Å². The molecule has 110 valence electrons. The smallest absolute Gasteiger partial charge is 0.259 e. The van der Waals surface area contributed by atoms with Crippen LogP contribution in [0.3, 0.4) is 0 Å². The molecule has 0 aliphatic rings. The highest BCUT2D eigenvalue weighted by Crippen LogP contribution is 2.15. The molecule has 0 radical (unpaired) electrons. The molecule has 2 rings (SSSR count). The topological polar surface area (TPSA) is 88.9 Å². The average Bonchev–Trinajstić information content (AvgIpc) is 2.86. The lowest BCUT2D eigenvalue weighted by atomic mass is 10.2. The first-order valence-corrected chi connectivity index (χ1v) is 7.01. The molecule has 1 aromatic carbocycles. The van der Waals surface area contributed by atoms with Crippen molar-refractivity contribution in [1.29, 1.82) is 0 Å². The van der Waals surface area contributed by atoms with Crippen molar-refractivity contribution in [1.82, 2.24) is 25.6 Å². The molecule has 0 unspecified atom stereocenters. The van der Waals surface area contributed by atoms with Crippen LogP contribution in [0, 0.1) is 0 Å². The van der Waals surface area contributed by atoms with Gasteiger partial charge in [0.1, 0.15) is 6.54 Å². The van der Waals surface area contributed by atoms with Crippen LogP contribution >= 0.6 is 15.9 Å². The molecule has 0 saturated heterocycles. The highest BCUT2D eigenvalue weighted by Gasteiger charge is 2.13. The summed E-state index contributed by atoms with van der Waals surface area (Å²) in [5.74, 6) is -0.903. The molecule has 2 N–H and O–H groups in total. The van der Waals surface area contributed by atoms with E-state index in [9.17, 15) is 9.59 Å². The van der Waals surface area contributed by atoms with Crippen LogP contribution in [-0.2, 0) is 17.9 Å². The summed E-state index contributed by atoms with van der Waals surface area (Å²) >= 11 is 3.27. The molecule has 1 heterocycles. The summed E-state index contributed by atoms with van der Waals surface area (Å²) in [4.78, 5) is 23.8. The van der Waals surface area contributed by atoms with E-state index in [1.807, 2.05) is 0 Å². The molecule has 0 saturated carbocycles. The summed E-state index contributed by atoms with van der Waals surface area (Å²) in [6.45, 7) is 0.504. The molecule has 2 aromatic rings. The second kappa shape index (κ2) is 7.09. The first kappa shape index (κ1) is 15.3. The van der Waals surface area contributed by atoms with Gasteiger partial charge in [0.05, 0.1) is 17.5 Å². The Kier molecular flexibility index (Phi) is 5.18. The quantitative estimate of drug-likeness (QED) is 0.828. The third kappa shape index (κ3) is 4.20. The van der Waals surface area contributed by atoms with Crippen molar-refractivity contribution in [2.75, 3.05) is 7.05 Å². The fourth-order valence-electron chi connectivity index (χ4n) is 1.70. The number of halogens is 1. The summed E-state index contributed by atoms with van der Waals surface area (Å²) in [5.41, 5.74) is 1.13. The van der Waals surface area contributed by atoms with Crippen LogP contribution in [-0.4, -0.2) is 33.9 Å². The molecule has 8 heteroatoms. The van der Waals surface area contributed by atoms with Gasteiger partial charge in [-0.1, -0.05) is 17.3 Å². The molecule has 1 aromatic heterocycles. The fraction of sp³-hybridized carbons (Fsp3) is 0.231. The van der Waals surface area contributed by atoms with E-state index in [4.69, 9.17) is 0 Å². The van der Waals surface area contributed by atoms with Crippen LogP contribution < -0.4 is 10.6 Å². The van der Waals surface area contributed by atoms with Crippen LogP contribution in [0.25, 0.3) is 0 Å². The van der Waals surface area contributed by atoms with E-state index in [0.717, 1.165) is 5.69 Å². The van der Waals surface area contributed by atoms with Crippen LogP contribution in [0.5, 0.6) is 0 Å². The first-order chi connectivity index (χ1) is 10.1. The number of imide groups is 1. The lowest BCUT2D eigenvalue weighted by molar-refractivity contribution is -0.120. The van der Waals surface area contributed by atoms with E-state index >= 15 is 0 Å². The Balaban J connectivity index is 1.95. The number of benzene rings is 1. The van der Waals surface area contributed by atoms with Gasteiger partial charge in [0.2, 0.25) is 5.91 Å². The number of amides is 2. The Bertz CT molecular complexity index is 656. The van der Waals surface area contributed by atoms with Crippen LogP contribution in [0.15, 0.2) is 34.9 Å². The number of nitrogens with zero attached hydrogens (tertiary/aromatic N) is 3. The Morgan fingerprint density at radius 1 is 1.33 bits per heavy atom. The Morgan fingerprint density at radius 3 is 2.81 bits per heavy atom. The van der Waals surface area contributed by atoms with Gasteiger partial charge in [-0.15, -0.1) is 5.10 Å². The minimum absolute atomic E-state index is 0.0626. The Labute approximate surface area is 129 Å². The summed E-state index contributed by atoms with van der Waals surface area (Å²) in [5, 5.41) is 13.0. The highest BCUT2D eigenvalue weighted by molar-refractivity contribution is 9.10. The summed E-state index contributed by atoms with van der Waals surface area (Å²) in [6.07, 6.45) is 1.65. The number of hydrogen-bond acceptors (Lipinski definition) is 5. The molecule has 0 fully saturated rings. The number of aromatic nitrogens is 3. The van der Waals surface area contributed by atoms with Crippen LogP contribution in [0.4, 0.5) is 0 Å². The molecule has 21 heavy (non-hydrogen) atoms. The average molecular weight is 352 g/mol. The van der Waals surface area contributed by atoms with E-state index in [0.29, 0.717) is 16.6 Å². The number of nitrogens with one attached hydrogen (secondary N) is 2. The minimum atomic E-state index is -0.456. The second-order valence-corrected chi connectivity index (χ2v) is 5.15. The summed E-state index contributed by atoms with van der Waals surface area (Å²) in [6, 6.07) is 6.89. The van der Waals surface area contributed by atoms with Crippen molar-refractivity contribution in [3.8, 4) is 0 Å². The largest absolute Gasteiger partial charge is 0.314 e. The van der Waals surface area contributed by atoms with E-state index in [1.54, 1.807) is 37.5 Å². The van der Waals surface area contributed by atoms with Crippen molar-refractivity contribution >= 4 is 27.7 Å². The second-order valence-electron chi connectivity index (χ2n) is 4.29. The van der Waals surface area contributed by atoms with Crippen molar-refractivity contribution in [2.45, 2.75) is 13.1 Å². The maximum absolute atomic E-state index is 12.0. The summed E-state index contributed by atoms with van der Waals surface area (Å²) < 4.78 is 2.02. The van der Waals surface area contributed by atoms with E-state index in [1.165, 1.54) is 4.68 Å². The molecular weight excluding hydrogens is 338 g/mol. The number of carbonyl (C=O) groups is 2. The molecule has 0 aliphatic carbocycles. The maximum atomic E-state index is 12.0. The van der Waals surface area contributed by atoms with Gasteiger partial charge in [0.25, 0.3) is 5.91 Å². The molecule has 0 atom stereocenters. The number of rotatable bonds is 5. The molecule has 7 nitrogen and oxygen atoms in total. The Morgan fingerprint density at radius 2 is 2.10 bits per heavy atom. The SMILES string of the molecule is CNCc1cn(CC(=O)NC(=O)c2ccccc2Br)nn1. The maximum Gasteiger partial charge on any atom is 0.259 e. The van der Waals surface area contributed by atoms with Gasteiger partial charge in [0, 0.05) is 11.0 Å². The molecular formula is C13H14BrN5O2. The van der Waals surface area contributed by atoms with Crippen LogP contribution in [0.2, 0.25) is 0 Å². The van der Waals surface area contributed by atoms with Gasteiger partial charge in [-0.2, -0.15) is 0 Å². The van der Waals surface area contributed by atoms with Crippen molar-refractivity contribution in [3.63, 3.8) is 0 Å². The van der Waals surface area contributed by atoms with Gasteiger partial charge in [-0.3, -0.25) is 14.9 Å². The zero-order valence-electron chi connectivity index (χ0n) is 11.3. The third-order valence-corrected chi connectivity index (χ3v) is 3.31. The van der Waals surface area contributed by atoms with Crippen LogP contribution in [0.1, 0.15) is 16.1 Å². The van der Waals surface area contributed by atoms with E-state index in [2.05, 4.69) is 36.9 Å². The summed E-state index contributed by atoms with van der Waals surface area (Å²) in [7, 11) is 1.79. The monoisotopic (exact) mass is 351 g/mol. The van der Waals surface area contributed by atoms with Crippen molar-refractivity contribution < 1.29 is 9.59 Å². The third-order valence-electron chi connectivity index (χ3n) is 2.62. The molecule has 0 spiro atoms. The molecule has 2 amide bonds. The zero-order chi connectivity index (χ0) is 15.2. The standard InChI is InChI=1S/C13H14BrN5O2/c1-15-6-9-7-19(18-17-9)8-12(20)16-13(21)10-4-2-3-5-11(10)14/h2-5,7,15H,6,8H2,1H3,(H,16,20,21). The zero-order valence-corrected chi connectivity index (χ0v) is 12.9. The fourth-order valence-corrected chi connectivity index (χ4v) is 2.17.